The number of aryl methyl sites for hydroxylation is 1. The monoisotopic (exact) mass is 518 g/mol. The average molecular weight is 519 g/mol. The Bertz CT molecular complexity index is 916. The smallest absolute Gasteiger partial charge is 0.303 e. The molecule has 0 bridgehead atoms. The van der Waals surface area contributed by atoms with Crippen molar-refractivity contribution in [2.45, 2.75) is 62.0 Å². The molecule has 8 nitrogen and oxygen atoms in total. The lowest BCUT2D eigenvalue weighted by molar-refractivity contribution is -0.238. The molecule has 2 aliphatic heterocycles. The quantitative estimate of drug-likeness (QED) is 0.417. The lowest BCUT2D eigenvalue weighted by Gasteiger charge is -2.41. The van der Waals surface area contributed by atoms with Gasteiger partial charge in [-0.25, -0.2) is 8.42 Å². The summed E-state index contributed by atoms with van der Waals surface area (Å²) >= 11 is 3.61. The first-order chi connectivity index (χ1) is 14.5. The lowest BCUT2D eigenvalue weighted by atomic mass is 9.84. The van der Waals surface area contributed by atoms with E-state index in [0.29, 0.717) is 0 Å². The maximum Gasteiger partial charge on any atom is 0.303 e. The average Bonchev–Trinajstić information content (AvgIpc) is 2.97. The van der Waals surface area contributed by atoms with Crippen molar-refractivity contribution in [3.63, 3.8) is 0 Å². The number of ether oxygens (including phenoxy) is 4. The van der Waals surface area contributed by atoms with Crippen molar-refractivity contribution in [3.8, 4) is 0 Å². The highest BCUT2D eigenvalue weighted by molar-refractivity contribution is 9.09. The van der Waals surface area contributed by atoms with E-state index in [-0.39, 0.29) is 23.2 Å². The molecule has 0 unspecified atom stereocenters. The van der Waals surface area contributed by atoms with Gasteiger partial charge in [0.1, 0.15) is 18.8 Å². The first-order valence-electron chi connectivity index (χ1n) is 10.0. The second kappa shape index (κ2) is 9.56. The number of alkyl halides is 1. The summed E-state index contributed by atoms with van der Waals surface area (Å²) in [6.07, 6.45) is -2.62. The molecule has 1 aromatic carbocycles. The third-order valence-electron chi connectivity index (χ3n) is 5.66. The van der Waals surface area contributed by atoms with Gasteiger partial charge in [0.2, 0.25) is 0 Å². The van der Waals surface area contributed by atoms with Crippen molar-refractivity contribution >= 4 is 37.7 Å². The first kappa shape index (κ1) is 24.2. The Balaban J connectivity index is 1.84. The zero-order valence-corrected chi connectivity index (χ0v) is 20.2. The molecule has 0 radical (unpaired) electrons. The largest absolute Gasteiger partial charge is 0.463 e. The first-order valence-corrected chi connectivity index (χ1v) is 12.6. The number of benzene rings is 1. The molecule has 3 rings (SSSR count). The summed E-state index contributed by atoms with van der Waals surface area (Å²) in [6, 6.07) is 6.72. The second-order valence-electron chi connectivity index (χ2n) is 8.04. The molecular weight excluding hydrogens is 492 g/mol. The molecule has 31 heavy (non-hydrogen) atoms. The molecule has 0 aliphatic carbocycles. The van der Waals surface area contributed by atoms with Gasteiger partial charge in [-0.15, -0.1) is 0 Å². The van der Waals surface area contributed by atoms with E-state index in [1.807, 2.05) is 6.92 Å². The Kier molecular flexibility index (Phi) is 7.45. The molecule has 7 atom stereocenters. The van der Waals surface area contributed by atoms with Crippen LogP contribution in [0.3, 0.4) is 0 Å². The maximum atomic E-state index is 13.1. The summed E-state index contributed by atoms with van der Waals surface area (Å²) in [6.45, 7) is 6.14. The van der Waals surface area contributed by atoms with Gasteiger partial charge in [-0.05, 0) is 26.0 Å². The van der Waals surface area contributed by atoms with Gasteiger partial charge in [0, 0.05) is 25.7 Å². The van der Waals surface area contributed by atoms with E-state index in [2.05, 4.69) is 15.9 Å². The van der Waals surface area contributed by atoms with E-state index < -0.39 is 57.1 Å². The Labute approximate surface area is 190 Å². The van der Waals surface area contributed by atoms with Gasteiger partial charge in [0.25, 0.3) is 0 Å². The van der Waals surface area contributed by atoms with E-state index in [4.69, 9.17) is 18.9 Å². The van der Waals surface area contributed by atoms with Gasteiger partial charge in [0.05, 0.1) is 21.6 Å². The minimum Gasteiger partial charge on any atom is -0.463 e. The predicted octanol–water partition coefficient (Wildman–Crippen LogP) is 2.40. The van der Waals surface area contributed by atoms with Crippen LogP contribution in [0.15, 0.2) is 29.2 Å². The molecule has 0 N–H and O–H groups in total. The summed E-state index contributed by atoms with van der Waals surface area (Å²) in [5.74, 6) is -1.91. The van der Waals surface area contributed by atoms with Crippen LogP contribution in [-0.2, 0) is 38.4 Å². The van der Waals surface area contributed by atoms with Crippen molar-refractivity contribution in [3.05, 3.63) is 29.8 Å². The fourth-order valence-corrected chi connectivity index (χ4v) is 6.94. The maximum absolute atomic E-state index is 13.1. The van der Waals surface area contributed by atoms with Crippen LogP contribution in [-0.4, -0.2) is 62.1 Å². The molecule has 10 heteroatoms. The fraction of sp³-hybridized carbons (Fsp3) is 0.619. The number of rotatable bonds is 6. The third kappa shape index (κ3) is 5.47. The Morgan fingerprint density at radius 1 is 1.10 bits per heavy atom. The Morgan fingerprint density at radius 2 is 1.74 bits per heavy atom. The van der Waals surface area contributed by atoms with Crippen LogP contribution in [0, 0.1) is 18.8 Å². The number of hydrogen-bond donors (Lipinski definition) is 0. The van der Waals surface area contributed by atoms with Gasteiger partial charge in [-0.3, -0.25) is 9.59 Å². The van der Waals surface area contributed by atoms with Gasteiger partial charge < -0.3 is 18.9 Å². The number of carbonyl (C=O) groups excluding carboxylic acids is 2. The summed E-state index contributed by atoms with van der Waals surface area (Å²) in [5, 5.41) is 0. The van der Waals surface area contributed by atoms with Gasteiger partial charge >= 0.3 is 11.9 Å². The standard InChI is InChI=1S/C21H27BrO8S/c1-11-5-7-15(8-6-11)31(25,26)10-16-12(2)28-21-18(16)19(22)20(29-14(4)24)17(30-21)9-27-13(3)23/h5-8,12,16-21H,9-10H2,1-4H3/t12-,16-,17-,18-,19-,20-,21+/m0/s1. The van der Waals surface area contributed by atoms with Crippen molar-refractivity contribution < 1.29 is 37.0 Å². The van der Waals surface area contributed by atoms with Gasteiger partial charge in [-0.2, -0.15) is 0 Å². The minimum atomic E-state index is -3.58. The van der Waals surface area contributed by atoms with Gasteiger partial charge in [0.15, 0.2) is 16.1 Å². The number of esters is 2. The second-order valence-corrected chi connectivity index (χ2v) is 11.1. The number of halogens is 1. The highest BCUT2D eigenvalue weighted by atomic mass is 79.9. The summed E-state index contributed by atoms with van der Waals surface area (Å²) in [5.41, 5.74) is 0.973. The summed E-state index contributed by atoms with van der Waals surface area (Å²) in [4.78, 5) is 22.7. The molecule has 2 saturated heterocycles. The van der Waals surface area contributed by atoms with Crippen LogP contribution < -0.4 is 0 Å². The van der Waals surface area contributed by atoms with Crippen molar-refractivity contribution in [2.75, 3.05) is 12.4 Å². The van der Waals surface area contributed by atoms with E-state index >= 15 is 0 Å². The number of sulfone groups is 1. The molecule has 2 fully saturated rings. The molecule has 1 aromatic rings. The van der Waals surface area contributed by atoms with Crippen molar-refractivity contribution in [2.24, 2.45) is 11.8 Å². The van der Waals surface area contributed by atoms with E-state index in [1.165, 1.54) is 13.8 Å². The van der Waals surface area contributed by atoms with Crippen LogP contribution >= 0.6 is 15.9 Å². The normalized spacial score (nSPS) is 32.9. The van der Waals surface area contributed by atoms with Crippen LogP contribution in [0.5, 0.6) is 0 Å². The fourth-order valence-electron chi connectivity index (χ4n) is 4.11. The van der Waals surface area contributed by atoms with Crippen LogP contribution in [0.4, 0.5) is 0 Å². The minimum absolute atomic E-state index is 0.108. The highest BCUT2D eigenvalue weighted by Crippen LogP contribution is 2.45. The summed E-state index contributed by atoms with van der Waals surface area (Å²) < 4.78 is 48.6. The predicted molar refractivity (Wildman–Crippen MR) is 114 cm³/mol. The zero-order valence-electron chi connectivity index (χ0n) is 17.8. The molecule has 0 aromatic heterocycles. The van der Waals surface area contributed by atoms with Crippen LogP contribution in [0.25, 0.3) is 0 Å². The van der Waals surface area contributed by atoms with E-state index in [0.717, 1.165) is 5.56 Å². The molecule has 172 valence electrons. The summed E-state index contributed by atoms with van der Waals surface area (Å²) in [7, 11) is -3.58. The topological polar surface area (TPSA) is 105 Å². The molecule has 0 saturated carbocycles. The highest BCUT2D eigenvalue weighted by Gasteiger charge is 2.56. The van der Waals surface area contributed by atoms with Crippen molar-refractivity contribution in [1.29, 1.82) is 0 Å². The van der Waals surface area contributed by atoms with Crippen LogP contribution in [0.2, 0.25) is 0 Å². The van der Waals surface area contributed by atoms with Crippen LogP contribution in [0.1, 0.15) is 26.3 Å². The molecule has 0 spiro atoms. The Morgan fingerprint density at radius 3 is 2.32 bits per heavy atom. The third-order valence-corrected chi connectivity index (χ3v) is 8.61. The van der Waals surface area contributed by atoms with E-state index in [9.17, 15) is 18.0 Å². The molecule has 2 heterocycles. The molecule has 0 amide bonds. The van der Waals surface area contributed by atoms with Gasteiger partial charge in [-0.1, -0.05) is 33.6 Å². The SMILES string of the molecule is CC(=O)OC[C@@H]1O[C@H]2O[C@@H](C)[C@H](CS(=O)(=O)c3ccc(C)cc3)[C@H]2[C@H](Br)[C@H]1OC(C)=O. The number of carbonyl (C=O) groups is 2. The van der Waals surface area contributed by atoms with Crippen molar-refractivity contribution in [1.82, 2.24) is 0 Å². The zero-order chi connectivity index (χ0) is 22.9. The number of fused-ring (bicyclic) bond motifs is 1. The molecular formula is C21H27BrO8S. The molecule has 2 aliphatic rings. The lowest BCUT2D eigenvalue weighted by Crippen LogP contribution is -2.55. The number of hydrogen-bond acceptors (Lipinski definition) is 8. The Hall–Kier alpha value is -1.49. The van der Waals surface area contributed by atoms with E-state index in [1.54, 1.807) is 31.2 Å².